The van der Waals surface area contributed by atoms with Gasteiger partial charge < -0.3 is 0 Å². The molecule has 9 heavy (non-hydrogen) atoms. The van der Waals surface area contributed by atoms with Crippen LogP contribution in [-0.4, -0.2) is 23.0 Å². The monoisotopic (exact) mass is 145 g/mol. The van der Waals surface area contributed by atoms with Gasteiger partial charge in [0.05, 0.1) is 6.26 Å². The van der Waals surface area contributed by atoms with Crippen LogP contribution < -0.4 is 0 Å². The molecule has 0 aromatic carbocycles. The summed E-state index contributed by atoms with van der Waals surface area (Å²) in [5.74, 6) is 1.68. The molecule has 0 aromatic heterocycles. The highest BCUT2D eigenvalue weighted by Gasteiger charge is 2.35. The quantitative estimate of drug-likeness (QED) is 0.503. The Morgan fingerprint density at radius 1 is 1.67 bits per heavy atom. The van der Waals surface area contributed by atoms with E-state index in [-0.39, 0.29) is 0 Å². The minimum absolute atomic E-state index is 0.401. The van der Waals surface area contributed by atoms with Crippen molar-refractivity contribution >= 4 is 16.7 Å². The van der Waals surface area contributed by atoms with Crippen molar-refractivity contribution in [2.75, 3.05) is 12.0 Å². The predicted octanol–water partition coefficient (Wildman–Crippen LogP) is 0.986. The van der Waals surface area contributed by atoms with E-state index in [4.69, 9.17) is 0 Å². The van der Waals surface area contributed by atoms with E-state index in [1.807, 2.05) is 0 Å². The first-order valence-electron chi connectivity index (χ1n) is 3.33. The number of hydrogen-bond acceptors (Lipinski definition) is 1. The van der Waals surface area contributed by atoms with Crippen LogP contribution in [0.4, 0.5) is 0 Å². The average Bonchev–Trinajstić information content (AvgIpc) is 2.13. The van der Waals surface area contributed by atoms with Gasteiger partial charge in [0.2, 0.25) is 0 Å². The number of hydrogen-bond donors (Lipinski definition) is 0. The molecule has 1 aliphatic rings. The predicted molar refractivity (Wildman–Crippen MR) is 41.9 cm³/mol. The van der Waals surface area contributed by atoms with Gasteiger partial charge in [-0.1, -0.05) is 0 Å². The number of ketones is 1. The molecule has 0 spiro atoms. The lowest BCUT2D eigenvalue weighted by Gasteiger charge is -2.00. The molecular formula is C7H13OS+. The van der Waals surface area contributed by atoms with Crippen LogP contribution in [-0.2, 0) is 15.7 Å². The van der Waals surface area contributed by atoms with Gasteiger partial charge in [-0.2, -0.15) is 0 Å². The summed E-state index contributed by atoms with van der Waals surface area (Å²) in [5, 5.41) is 0.421. The van der Waals surface area contributed by atoms with Crippen molar-refractivity contribution in [3.8, 4) is 0 Å². The maximum absolute atomic E-state index is 10.9. The van der Waals surface area contributed by atoms with Gasteiger partial charge in [-0.05, 0) is 24.2 Å². The Kier molecular flexibility index (Phi) is 2.17. The zero-order valence-electron chi connectivity index (χ0n) is 6.02. The van der Waals surface area contributed by atoms with Gasteiger partial charge in [0.25, 0.3) is 0 Å². The summed E-state index contributed by atoms with van der Waals surface area (Å²) < 4.78 is 0. The Balaban J connectivity index is 2.49. The molecule has 2 heteroatoms. The van der Waals surface area contributed by atoms with Crippen LogP contribution in [0.2, 0.25) is 0 Å². The maximum atomic E-state index is 10.9. The molecule has 1 saturated heterocycles. The average molecular weight is 145 g/mol. The first-order chi connectivity index (χ1) is 4.22. The van der Waals surface area contributed by atoms with Gasteiger partial charge in [0.1, 0.15) is 5.75 Å². The summed E-state index contributed by atoms with van der Waals surface area (Å²) in [5.41, 5.74) is 0. The van der Waals surface area contributed by atoms with E-state index in [0.29, 0.717) is 21.9 Å². The van der Waals surface area contributed by atoms with E-state index in [1.54, 1.807) is 6.92 Å². The van der Waals surface area contributed by atoms with Gasteiger partial charge in [-0.15, -0.1) is 0 Å². The molecule has 2 unspecified atom stereocenters. The molecular weight excluding hydrogens is 132 g/mol. The van der Waals surface area contributed by atoms with Crippen LogP contribution in [0.1, 0.15) is 19.8 Å². The Bertz CT molecular complexity index is 122. The number of carbonyl (C=O) groups excluding carboxylic acids is 1. The van der Waals surface area contributed by atoms with E-state index in [0.717, 1.165) is 6.42 Å². The molecule has 0 N–H and O–H groups in total. The van der Waals surface area contributed by atoms with Crippen molar-refractivity contribution in [3.05, 3.63) is 0 Å². The molecule has 2 atom stereocenters. The molecule has 0 saturated carbocycles. The Morgan fingerprint density at radius 2 is 2.33 bits per heavy atom. The third-order valence-corrected chi connectivity index (χ3v) is 4.34. The van der Waals surface area contributed by atoms with Crippen molar-refractivity contribution in [2.45, 2.75) is 25.0 Å². The van der Waals surface area contributed by atoms with E-state index >= 15 is 0 Å². The fourth-order valence-electron chi connectivity index (χ4n) is 1.33. The molecule has 0 aromatic rings. The molecule has 1 fully saturated rings. The molecule has 1 aliphatic heterocycles. The zero-order chi connectivity index (χ0) is 6.85. The molecule has 1 heterocycles. The standard InChI is InChI=1S/C7H13OS/c1-6(8)7-4-3-5-9(7)2/h7H,3-5H2,1-2H3/q+1. The molecule has 0 bridgehead atoms. The van der Waals surface area contributed by atoms with Crippen LogP contribution >= 0.6 is 0 Å². The molecule has 0 aliphatic carbocycles. The van der Waals surface area contributed by atoms with Gasteiger partial charge >= 0.3 is 0 Å². The second kappa shape index (κ2) is 2.74. The van der Waals surface area contributed by atoms with E-state index in [1.165, 1.54) is 12.2 Å². The highest BCUT2D eigenvalue weighted by Crippen LogP contribution is 2.20. The van der Waals surface area contributed by atoms with Crippen LogP contribution in [0, 0.1) is 0 Å². The van der Waals surface area contributed by atoms with Crippen molar-refractivity contribution in [1.82, 2.24) is 0 Å². The Hall–Kier alpha value is 0.0200. The SMILES string of the molecule is CC(=O)C1CCC[S+]1C. The van der Waals surface area contributed by atoms with E-state index in [9.17, 15) is 4.79 Å². The lowest BCUT2D eigenvalue weighted by molar-refractivity contribution is -0.116. The van der Waals surface area contributed by atoms with Crippen molar-refractivity contribution < 1.29 is 4.79 Å². The third kappa shape index (κ3) is 1.48. The second-order valence-corrected chi connectivity index (χ2v) is 5.00. The van der Waals surface area contributed by atoms with Crippen LogP contribution in [0.5, 0.6) is 0 Å². The van der Waals surface area contributed by atoms with Crippen LogP contribution in [0.25, 0.3) is 0 Å². The molecule has 52 valence electrons. The number of Topliss-reactive ketones (excluding diaryl/α,β-unsaturated/α-hetero) is 1. The minimum Gasteiger partial charge on any atom is -0.294 e. The Morgan fingerprint density at radius 3 is 2.56 bits per heavy atom. The smallest absolute Gasteiger partial charge is 0.181 e. The van der Waals surface area contributed by atoms with Crippen molar-refractivity contribution in [1.29, 1.82) is 0 Å². The Labute approximate surface area is 59.2 Å². The van der Waals surface area contributed by atoms with Crippen molar-refractivity contribution in [2.24, 2.45) is 0 Å². The summed E-state index contributed by atoms with van der Waals surface area (Å²) in [6, 6.07) is 0. The number of carbonyl (C=O) groups is 1. The van der Waals surface area contributed by atoms with Gasteiger partial charge in [0.15, 0.2) is 11.0 Å². The third-order valence-electron chi connectivity index (χ3n) is 1.87. The normalized spacial score (nSPS) is 34.9. The van der Waals surface area contributed by atoms with Gasteiger partial charge in [0, 0.05) is 6.42 Å². The lowest BCUT2D eigenvalue weighted by atomic mass is 10.2. The summed E-state index contributed by atoms with van der Waals surface area (Å²) in [6.07, 6.45) is 4.62. The summed E-state index contributed by atoms with van der Waals surface area (Å²) in [7, 11) is 0.410. The topological polar surface area (TPSA) is 17.1 Å². The summed E-state index contributed by atoms with van der Waals surface area (Å²) in [6.45, 7) is 1.72. The van der Waals surface area contributed by atoms with Crippen LogP contribution in [0.3, 0.4) is 0 Å². The second-order valence-electron chi connectivity index (χ2n) is 2.64. The molecule has 1 rings (SSSR count). The van der Waals surface area contributed by atoms with Gasteiger partial charge in [-0.3, -0.25) is 4.79 Å². The van der Waals surface area contributed by atoms with Crippen molar-refractivity contribution in [3.63, 3.8) is 0 Å². The molecule has 1 nitrogen and oxygen atoms in total. The van der Waals surface area contributed by atoms with E-state index in [2.05, 4.69) is 6.26 Å². The maximum Gasteiger partial charge on any atom is 0.181 e. The first-order valence-corrected chi connectivity index (χ1v) is 5.20. The van der Waals surface area contributed by atoms with Crippen LogP contribution in [0.15, 0.2) is 0 Å². The van der Waals surface area contributed by atoms with Gasteiger partial charge in [-0.25, -0.2) is 0 Å². The number of rotatable bonds is 1. The summed E-state index contributed by atoms with van der Waals surface area (Å²) in [4.78, 5) is 10.9. The highest BCUT2D eigenvalue weighted by atomic mass is 32.2. The largest absolute Gasteiger partial charge is 0.294 e. The minimum atomic E-state index is 0.401. The highest BCUT2D eigenvalue weighted by molar-refractivity contribution is 7.97. The lowest BCUT2D eigenvalue weighted by Crippen LogP contribution is -2.22. The molecule has 0 radical (unpaired) electrons. The fourth-order valence-corrected chi connectivity index (χ4v) is 3.37. The van der Waals surface area contributed by atoms with E-state index < -0.39 is 0 Å². The molecule has 0 amide bonds. The fraction of sp³-hybridized carbons (Fsp3) is 0.857. The zero-order valence-corrected chi connectivity index (χ0v) is 6.83. The first kappa shape index (κ1) is 7.13. The summed E-state index contributed by atoms with van der Waals surface area (Å²) >= 11 is 0.